The number of aliphatic hydroxyl groups excluding tert-OH is 1. The molecule has 1 fully saturated rings. The SMILES string of the molecule is O[C@H]1CCN(c2cncc(SCc3ccccc3)n2)C1. The van der Waals surface area contributed by atoms with Gasteiger partial charge in [0, 0.05) is 18.8 Å². The molecule has 5 heteroatoms. The van der Waals surface area contributed by atoms with Crippen LogP contribution in [-0.2, 0) is 5.75 Å². The predicted molar refractivity (Wildman–Crippen MR) is 80.9 cm³/mol. The fourth-order valence-corrected chi connectivity index (χ4v) is 3.04. The van der Waals surface area contributed by atoms with E-state index in [0.29, 0.717) is 6.54 Å². The molecule has 3 rings (SSSR count). The van der Waals surface area contributed by atoms with E-state index in [0.717, 1.165) is 29.6 Å². The quantitative estimate of drug-likeness (QED) is 0.875. The summed E-state index contributed by atoms with van der Waals surface area (Å²) in [5, 5.41) is 10.5. The Morgan fingerprint density at radius 3 is 2.85 bits per heavy atom. The normalized spacial score (nSPS) is 18.4. The molecule has 0 bridgehead atoms. The molecule has 2 heterocycles. The third-order valence-corrected chi connectivity index (χ3v) is 4.29. The van der Waals surface area contributed by atoms with E-state index >= 15 is 0 Å². The number of nitrogens with zero attached hydrogens (tertiary/aromatic N) is 3. The summed E-state index contributed by atoms with van der Waals surface area (Å²) in [4.78, 5) is 11.0. The van der Waals surface area contributed by atoms with Gasteiger partial charge < -0.3 is 10.0 Å². The van der Waals surface area contributed by atoms with Crippen molar-refractivity contribution in [2.75, 3.05) is 18.0 Å². The maximum Gasteiger partial charge on any atom is 0.148 e. The van der Waals surface area contributed by atoms with Gasteiger partial charge in [-0.05, 0) is 12.0 Å². The van der Waals surface area contributed by atoms with Crippen molar-refractivity contribution in [2.24, 2.45) is 0 Å². The second-order valence-electron chi connectivity index (χ2n) is 4.88. The molecule has 0 unspecified atom stereocenters. The summed E-state index contributed by atoms with van der Waals surface area (Å²) in [6, 6.07) is 10.3. The van der Waals surface area contributed by atoms with E-state index in [4.69, 9.17) is 0 Å². The standard InChI is InChI=1S/C15H17N3OS/c19-13-6-7-18(10-13)14-8-16-9-15(17-14)20-11-12-4-2-1-3-5-12/h1-5,8-9,13,19H,6-7,10-11H2/t13-/m0/s1. The Kier molecular flexibility index (Phi) is 4.18. The van der Waals surface area contributed by atoms with Gasteiger partial charge >= 0.3 is 0 Å². The molecule has 0 amide bonds. The van der Waals surface area contributed by atoms with Gasteiger partial charge in [-0.2, -0.15) is 0 Å². The second-order valence-corrected chi connectivity index (χ2v) is 5.87. The number of aliphatic hydroxyl groups is 1. The lowest BCUT2D eigenvalue weighted by Gasteiger charge is -2.16. The minimum Gasteiger partial charge on any atom is -0.391 e. The zero-order chi connectivity index (χ0) is 13.8. The molecule has 0 radical (unpaired) electrons. The van der Waals surface area contributed by atoms with Crippen LogP contribution in [-0.4, -0.2) is 34.3 Å². The highest BCUT2D eigenvalue weighted by atomic mass is 32.2. The third-order valence-electron chi connectivity index (χ3n) is 3.32. The zero-order valence-electron chi connectivity index (χ0n) is 11.1. The molecule has 0 saturated carbocycles. The van der Waals surface area contributed by atoms with E-state index in [1.165, 1.54) is 5.56 Å². The van der Waals surface area contributed by atoms with Crippen LogP contribution in [0.3, 0.4) is 0 Å². The van der Waals surface area contributed by atoms with Crippen LogP contribution in [0, 0.1) is 0 Å². The van der Waals surface area contributed by atoms with Gasteiger partial charge in [0.05, 0.1) is 18.5 Å². The van der Waals surface area contributed by atoms with E-state index in [-0.39, 0.29) is 6.10 Å². The van der Waals surface area contributed by atoms with Crippen LogP contribution in [0.5, 0.6) is 0 Å². The molecule has 1 aliphatic heterocycles. The highest BCUT2D eigenvalue weighted by molar-refractivity contribution is 7.98. The molecule has 2 aromatic rings. The summed E-state index contributed by atoms with van der Waals surface area (Å²) in [7, 11) is 0. The van der Waals surface area contributed by atoms with E-state index in [2.05, 4.69) is 27.0 Å². The van der Waals surface area contributed by atoms with E-state index in [1.54, 1.807) is 24.2 Å². The maximum absolute atomic E-state index is 9.59. The number of aromatic nitrogens is 2. The number of hydrogen-bond donors (Lipinski definition) is 1. The Hall–Kier alpha value is -1.59. The average Bonchev–Trinajstić information content (AvgIpc) is 2.93. The largest absolute Gasteiger partial charge is 0.391 e. The maximum atomic E-state index is 9.59. The number of hydrogen-bond acceptors (Lipinski definition) is 5. The highest BCUT2D eigenvalue weighted by Gasteiger charge is 2.21. The number of rotatable bonds is 4. The number of β-amino-alcohol motifs (C(OH)–C–C–N with tert-alkyl or cyclic N) is 1. The molecule has 1 aromatic heterocycles. The van der Waals surface area contributed by atoms with Gasteiger partial charge in [0.2, 0.25) is 0 Å². The zero-order valence-corrected chi connectivity index (χ0v) is 12.0. The summed E-state index contributed by atoms with van der Waals surface area (Å²) in [5.41, 5.74) is 1.28. The van der Waals surface area contributed by atoms with Gasteiger partial charge in [0.25, 0.3) is 0 Å². The molecule has 1 saturated heterocycles. The molecule has 0 spiro atoms. The van der Waals surface area contributed by atoms with Crippen molar-refractivity contribution in [1.82, 2.24) is 9.97 Å². The number of anilines is 1. The van der Waals surface area contributed by atoms with Crippen LogP contribution in [0.1, 0.15) is 12.0 Å². The lowest BCUT2D eigenvalue weighted by Crippen LogP contribution is -2.22. The van der Waals surface area contributed by atoms with Crippen molar-refractivity contribution in [3.05, 3.63) is 48.3 Å². The lowest BCUT2D eigenvalue weighted by atomic mass is 10.2. The third kappa shape index (κ3) is 3.29. The fourth-order valence-electron chi connectivity index (χ4n) is 2.24. The van der Waals surface area contributed by atoms with E-state index in [1.807, 2.05) is 18.2 Å². The van der Waals surface area contributed by atoms with Crippen LogP contribution in [0.15, 0.2) is 47.8 Å². The predicted octanol–water partition coefficient (Wildman–Crippen LogP) is 2.34. The van der Waals surface area contributed by atoms with E-state index < -0.39 is 0 Å². The molecular formula is C15H17N3OS. The minimum absolute atomic E-state index is 0.238. The summed E-state index contributed by atoms with van der Waals surface area (Å²) in [6.45, 7) is 1.50. The first kappa shape index (κ1) is 13.4. The van der Waals surface area contributed by atoms with Crippen molar-refractivity contribution in [3.8, 4) is 0 Å². The van der Waals surface area contributed by atoms with Crippen molar-refractivity contribution < 1.29 is 5.11 Å². The lowest BCUT2D eigenvalue weighted by molar-refractivity contribution is 0.198. The van der Waals surface area contributed by atoms with E-state index in [9.17, 15) is 5.11 Å². The van der Waals surface area contributed by atoms with Crippen molar-refractivity contribution in [3.63, 3.8) is 0 Å². The summed E-state index contributed by atoms with van der Waals surface area (Å²) >= 11 is 1.68. The first-order valence-corrected chi connectivity index (χ1v) is 7.71. The van der Waals surface area contributed by atoms with Gasteiger partial charge in [-0.15, -0.1) is 11.8 Å². The Balaban J connectivity index is 1.65. The molecule has 1 aliphatic rings. The highest BCUT2D eigenvalue weighted by Crippen LogP contribution is 2.24. The Morgan fingerprint density at radius 2 is 2.10 bits per heavy atom. The number of thioether (sulfide) groups is 1. The summed E-state index contributed by atoms with van der Waals surface area (Å²) < 4.78 is 0. The number of benzene rings is 1. The van der Waals surface area contributed by atoms with Gasteiger partial charge in [0.15, 0.2) is 0 Å². The summed E-state index contributed by atoms with van der Waals surface area (Å²) in [5.74, 6) is 1.75. The fraction of sp³-hybridized carbons (Fsp3) is 0.333. The Bertz CT molecular complexity index is 564. The summed E-state index contributed by atoms with van der Waals surface area (Å²) in [6.07, 6.45) is 4.13. The van der Waals surface area contributed by atoms with Crippen molar-refractivity contribution >= 4 is 17.6 Å². The van der Waals surface area contributed by atoms with Gasteiger partial charge in [-0.1, -0.05) is 30.3 Å². The van der Waals surface area contributed by atoms with Gasteiger partial charge in [-0.3, -0.25) is 4.98 Å². The van der Waals surface area contributed by atoms with Crippen molar-refractivity contribution in [2.45, 2.75) is 23.3 Å². The molecule has 1 aromatic carbocycles. The van der Waals surface area contributed by atoms with Crippen molar-refractivity contribution in [1.29, 1.82) is 0 Å². The molecule has 0 aliphatic carbocycles. The Morgan fingerprint density at radius 1 is 1.25 bits per heavy atom. The van der Waals surface area contributed by atoms with Crippen LogP contribution in [0.4, 0.5) is 5.82 Å². The molecule has 104 valence electrons. The smallest absolute Gasteiger partial charge is 0.148 e. The van der Waals surface area contributed by atoms with Gasteiger partial charge in [0.1, 0.15) is 10.8 Å². The molecular weight excluding hydrogens is 270 g/mol. The Labute approximate surface area is 122 Å². The van der Waals surface area contributed by atoms with Crippen LogP contribution in [0.25, 0.3) is 0 Å². The second kappa shape index (κ2) is 6.24. The van der Waals surface area contributed by atoms with Gasteiger partial charge in [-0.25, -0.2) is 4.98 Å². The molecule has 4 nitrogen and oxygen atoms in total. The molecule has 1 atom stereocenters. The van der Waals surface area contributed by atoms with Crippen LogP contribution in [0.2, 0.25) is 0 Å². The first-order chi connectivity index (χ1) is 9.81. The minimum atomic E-state index is -0.238. The first-order valence-electron chi connectivity index (χ1n) is 6.73. The molecule has 20 heavy (non-hydrogen) atoms. The monoisotopic (exact) mass is 287 g/mol. The van der Waals surface area contributed by atoms with Crippen LogP contribution < -0.4 is 4.90 Å². The van der Waals surface area contributed by atoms with Crippen LogP contribution >= 0.6 is 11.8 Å². The topological polar surface area (TPSA) is 49.2 Å². The average molecular weight is 287 g/mol. The molecule has 1 N–H and O–H groups in total.